The lowest BCUT2D eigenvalue weighted by Gasteiger charge is -2.24. The number of aromatic nitrogens is 2. The number of rotatable bonds is 1. The topological polar surface area (TPSA) is 125 Å². The summed E-state index contributed by atoms with van der Waals surface area (Å²) in [5.74, 6) is -0.883. The van der Waals surface area contributed by atoms with Crippen LogP contribution in [0.1, 0.15) is 17.2 Å². The Morgan fingerprint density at radius 2 is 1.90 bits per heavy atom. The number of aromatic amines is 2. The van der Waals surface area contributed by atoms with Crippen molar-refractivity contribution in [2.75, 3.05) is 0 Å². The van der Waals surface area contributed by atoms with Crippen molar-refractivity contribution in [3.63, 3.8) is 0 Å². The number of nitrogens with zero attached hydrogens (tertiary/aromatic N) is 1. The van der Waals surface area contributed by atoms with Gasteiger partial charge in [-0.2, -0.15) is 5.26 Å². The van der Waals surface area contributed by atoms with Gasteiger partial charge >= 0.3 is 5.69 Å². The van der Waals surface area contributed by atoms with Crippen molar-refractivity contribution in [3.8, 4) is 11.8 Å². The molecule has 1 unspecified atom stereocenters. The second-order valence-electron chi connectivity index (χ2n) is 4.49. The molecule has 0 saturated carbocycles. The molecule has 0 saturated heterocycles. The molecule has 1 atom stereocenters. The molecular weight excluding hydrogens is 272 g/mol. The van der Waals surface area contributed by atoms with Crippen molar-refractivity contribution in [2.24, 2.45) is 5.73 Å². The Balaban J connectivity index is 2.34. The summed E-state index contributed by atoms with van der Waals surface area (Å²) in [5.41, 5.74) is 5.47. The summed E-state index contributed by atoms with van der Waals surface area (Å²) < 4.78 is 5.19. The van der Waals surface area contributed by atoms with Crippen molar-refractivity contribution in [2.45, 2.75) is 5.92 Å². The standard InChI is InChI=1S/C14H10N4O3/c15-6-8-9(7-4-2-1-3-5-7)10-11(21-12(8)16)13(19)18-14(20)17-10/h1-5,9H,16H2,(H2,17,18,19,20). The van der Waals surface area contributed by atoms with Gasteiger partial charge in [-0.05, 0) is 5.56 Å². The molecule has 1 aromatic carbocycles. The normalized spacial score (nSPS) is 16.8. The summed E-state index contributed by atoms with van der Waals surface area (Å²) >= 11 is 0. The van der Waals surface area contributed by atoms with Crippen molar-refractivity contribution < 1.29 is 4.74 Å². The molecule has 0 fully saturated rings. The third kappa shape index (κ3) is 1.99. The maximum Gasteiger partial charge on any atom is 0.326 e. The third-order valence-electron chi connectivity index (χ3n) is 3.23. The molecule has 1 aliphatic rings. The summed E-state index contributed by atoms with van der Waals surface area (Å²) in [6, 6.07) is 10.9. The van der Waals surface area contributed by atoms with Crippen LogP contribution >= 0.6 is 0 Å². The van der Waals surface area contributed by atoms with Gasteiger partial charge in [0.1, 0.15) is 11.6 Å². The van der Waals surface area contributed by atoms with Crippen molar-refractivity contribution >= 4 is 0 Å². The Morgan fingerprint density at radius 3 is 2.57 bits per heavy atom. The van der Waals surface area contributed by atoms with Gasteiger partial charge in [0, 0.05) is 0 Å². The van der Waals surface area contributed by atoms with Gasteiger partial charge in [0.05, 0.1) is 11.6 Å². The molecule has 0 amide bonds. The van der Waals surface area contributed by atoms with E-state index >= 15 is 0 Å². The first kappa shape index (κ1) is 12.7. The Morgan fingerprint density at radius 1 is 1.19 bits per heavy atom. The smallest absolute Gasteiger partial charge is 0.326 e. The molecule has 4 N–H and O–H groups in total. The van der Waals surface area contributed by atoms with Crippen LogP contribution in [0.2, 0.25) is 0 Å². The van der Waals surface area contributed by atoms with E-state index in [1.807, 2.05) is 12.1 Å². The minimum absolute atomic E-state index is 0.0973. The van der Waals surface area contributed by atoms with Crippen LogP contribution in [-0.2, 0) is 0 Å². The molecule has 104 valence electrons. The molecule has 21 heavy (non-hydrogen) atoms. The van der Waals surface area contributed by atoms with Gasteiger partial charge in [-0.1, -0.05) is 30.3 Å². The number of hydrogen-bond acceptors (Lipinski definition) is 5. The fraction of sp³-hybridized carbons (Fsp3) is 0.0714. The lowest BCUT2D eigenvalue weighted by atomic mass is 9.87. The van der Waals surface area contributed by atoms with E-state index in [1.165, 1.54) is 0 Å². The van der Waals surface area contributed by atoms with Crippen LogP contribution in [0.4, 0.5) is 0 Å². The minimum Gasteiger partial charge on any atom is -0.433 e. The van der Waals surface area contributed by atoms with Gasteiger partial charge in [-0.3, -0.25) is 9.78 Å². The van der Waals surface area contributed by atoms with E-state index in [2.05, 4.69) is 9.97 Å². The van der Waals surface area contributed by atoms with Crippen molar-refractivity contribution in [1.82, 2.24) is 9.97 Å². The lowest BCUT2D eigenvalue weighted by Crippen LogP contribution is -2.32. The number of fused-ring (bicyclic) bond motifs is 1. The molecule has 0 radical (unpaired) electrons. The van der Waals surface area contributed by atoms with Gasteiger partial charge in [0.15, 0.2) is 0 Å². The number of benzene rings is 1. The number of ether oxygens (including phenoxy) is 1. The molecule has 1 aromatic heterocycles. The van der Waals surface area contributed by atoms with Crippen LogP contribution in [0.3, 0.4) is 0 Å². The molecule has 2 aromatic rings. The Kier molecular flexibility index (Phi) is 2.84. The highest BCUT2D eigenvalue weighted by Gasteiger charge is 2.33. The van der Waals surface area contributed by atoms with Crippen LogP contribution in [-0.4, -0.2) is 9.97 Å². The van der Waals surface area contributed by atoms with Crippen LogP contribution in [0, 0.1) is 11.3 Å². The lowest BCUT2D eigenvalue weighted by molar-refractivity contribution is 0.381. The summed E-state index contributed by atoms with van der Waals surface area (Å²) in [4.78, 5) is 28.0. The van der Waals surface area contributed by atoms with E-state index in [9.17, 15) is 14.9 Å². The first-order chi connectivity index (χ1) is 10.1. The van der Waals surface area contributed by atoms with E-state index < -0.39 is 17.2 Å². The van der Waals surface area contributed by atoms with Gasteiger partial charge in [-0.15, -0.1) is 0 Å². The zero-order valence-electron chi connectivity index (χ0n) is 10.7. The second kappa shape index (κ2) is 4.68. The van der Waals surface area contributed by atoms with E-state index in [4.69, 9.17) is 10.5 Å². The minimum atomic E-state index is -0.686. The number of allylic oxidation sites excluding steroid dienone is 1. The molecule has 2 heterocycles. The fourth-order valence-corrected chi connectivity index (χ4v) is 2.35. The first-order valence-electron chi connectivity index (χ1n) is 6.11. The molecule has 1 aliphatic heterocycles. The second-order valence-corrected chi connectivity index (χ2v) is 4.49. The number of H-pyrrole nitrogens is 2. The number of nitrogens with two attached hydrogens (primary N) is 1. The molecule has 7 heteroatoms. The van der Waals surface area contributed by atoms with Crippen LogP contribution in [0.5, 0.6) is 5.75 Å². The SMILES string of the molecule is N#CC1=C(N)Oc2c([nH]c(=O)[nH]c2=O)C1c1ccccc1. The summed E-state index contributed by atoms with van der Waals surface area (Å²) in [7, 11) is 0. The number of nitriles is 1. The average molecular weight is 282 g/mol. The van der Waals surface area contributed by atoms with Crippen LogP contribution in [0.15, 0.2) is 51.4 Å². The third-order valence-corrected chi connectivity index (χ3v) is 3.23. The Bertz CT molecular complexity index is 887. The largest absolute Gasteiger partial charge is 0.433 e. The zero-order chi connectivity index (χ0) is 15.0. The average Bonchev–Trinajstić information content (AvgIpc) is 2.48. The summed E-state index contributed by atoms with van der Waals surface area (Å²) in [6.45, 7) is 0. The first-order valence-corrected chi connectivity index (χ1v) is 6.11. The monoisotopic (exact) mass is 282 g/mol. The van der Waals surface area contributed by atoms with E-state index in [0.717, 1.165) is 5.56 Å². The predicted octanol–water partition coefficient (Wildman–Crippen LogP) is 0.281. The van der Waals surface area contributed by atoms with E-state index in [-0.39, 0.29) is 22.9 Å². The summed E-state index contributed by atoms with van der Waals surface area (Å²) in [6.07, 6.45) is 0. The van der Waals surface area contributed by atoms with Gasteiger partial charge in [-0.25, -0.2) is 4.79 Å². The van der Waals surface area contributed by atoms with Gasteiger partial charge in [0.2, 0.25) is 11.6 Å². The van der Waals surface area contributed by atoms with Crippen molar-refractivity contribution in [1.29, 1.82) is 5.26 Å². The molecule has 3 rings (SSSR count). The quantitative estimate of drug-likeness (QED) is 0.692. The maximum atomic E-state index is 11.8. The van der Waals surface area contributed by atoms with Crippen LogP contribution in [0.25, 0.3) is 0 Å². The highest BCUT2D eigenvalue weighted by atomic mass is 16.5. The van der Waals surface area contributed by atoms with Crippen molar-refractivity contribution in [3.05, 3.63) is 73.9 Å². The number of hydrogen-bond donors (Lipinski definition) is 3. The van der Waals surface area contributed by atoms with E-state index in [1.54, 1.807) is 24.3 Å². The van der Waals surface area contributed by atoms with Gasteiger partial charge < -0.3 is 15.5 Å². The highest BCUT2D eigenvalue weighted by molar-refractivity contribution is 5.51. The molecule has 0 bridgehead atoms. The predicted molar refractivity (Wildman–Crippen MR) is 73.4 cm³/mol. The molecule has 0 spiro atoms. The summed E-state index contributed by atoms with van der Waals surface area (Å²) in [5, 5.41) is 9.31. The molecule has 0 aliphatic carbocycles. The zero-order valence-corrected chi connectivity index (χ0v) is 10.7. The Hall–Kier alpha value is -3.27. The molecular formula is C14H10N4O3. The molecule has 7 nitrogen and oxygen atoms in total. The van der Waals surface area contributed by atoms with Gasteiger partial charge in [0.25, 0.3) is 5.56 Å². The highest BCUT2D eigenvalue weighted by Crippen LogP contribution is 2.38. The number of nitrogens with one attached hydrogen (secondary N) is 2. The van der Waals surface area contributed by atoms with E-state index in [0.29, 0.717) is 0 Å². The maximum absolute atomic E-state index is 11.8. The Labute approximate surface area is 118 Å². The fourth-order valence-electron chi connectivity index (χ4n) is 2.35. The van der Waals surface area contributed by atoms with Crippen LogP contribution < -0.4 is 21.7 Å².